The maximum absolute atomic E-state index is 14.0. The lowest BCUT2D eigenvalue weighted by molar-refractivity contribution is -0.135. The molecule has 1 aliphatic rings. The second kappa shape index (κ2) is 9.38. The van der Waals surface area contributed by atoms with E-state index in [0.29, 0.717) is 35.0 Å². The number of halogens is 1. The monoisotopic (exact) mass is 471 g/mol. The number of aromatic nitrogens is 2. The summed E-state index contributed by atoms with van der Waals surface area (Å²) in [6.45, 7) is 1.16. The van der Waals surface area contributed by atoms with Crippen LogP contribution in [-0.2, 0) is 9.59 Å². The normalized spacial score (nSPS) is 15.2. The van der Waals surface area contributed by atoms with Crippen LogP contribution in [0.1, 0.15) is 30.8 Å². The highest BCUT2D eigenvalue weighted by Gasteiger charge is 2.34. The SMILES string of the molecule is CC(=O)Nc1ccc(OCC(=O)N2N=C(c3nc4ccccc4[nH]3)CC2c2cccc(F)c2)cc1. The average molecular weight is 471 g/mol. The Bertz CT molecular complexity index is 1400. The molecule has 8 nitrogen and oxygen atoms in total. The molecule has 0 aliphatic carbocycles. The van der Waals surface area contributed by atoms with E-state index in [9.17, 15) is 14.0 Å². The fourth-order valence-electron chi connectivity index (χ4n) is 4.00. The molecule has 3 aromatic carbocycles. The minimum Gasteiger partial charge on any atom is -0.484 e. The van der Waals surface area contributed by atoms with Crippen molar-refractivity contribution in [1.82, 2.24) is 15.0 Å². The van der Waals surface area contributed by atoms with Crippen LogP contribution in [-0.4, -0.2) is 39.1 Å². The van der Waals surface area contributed by atoms with Crippen LogP contribution in [0.3, 0.4) is 0 Å². The molecule has 0 radical (unpaired) electrons. The quantitative estimate of drug-likeness (QED) is 0.435. The van der Waals surface area contributed by atoms with Crippen molar-refractivity contribution in [3.63, 3.8) is 0 Å². The number of fused-ring (bicyclic) bond motifs is 1. The van der Waals surface area contributed by atoms with Crippen molar-refractivity contribution in [3.8, 4) is 5.75 Å². The molecular formula is C26H22FN5O3. The van der Waals surface area contributed by atoms with E-state index in [1.807, 2.05) is 24.3 Å². The van der Waals surface area contributed by atoms with Crippen LogP contribution in [0.4, 0.5) is 10.1 Å². The summed E-state index contributed by atoms with van der Waals surface area (Å²) < 4.78 is 19.6. The summed E-state index contributed by atoms with van der Waals surface area (Å²) in [6.07, 6.45) is 0.375. The summed E-state index contributed by atoms with van der Waals surface area (Å²) in [5, 5.41) is 8.57. The Morgan fingerprint density at radius 2 is 1.91 bits per heavy atom. The topological polar surface area (TPSA) is 99.7 Å². The smallest absolute Gasteiger partial charge is 0.281 e. The van der Waals surface area contributed by atoms with Crippen LogP contribution >= 0.6 is 0 Å². The van der Waals surface area contributed by atoms with Gasteiger partial charge in [-0.3, -0.25) is 9.59 Å². The first-order chi connectivity index (χ1) is 17.0. The zero-order valence-corrected chi connectivity index (χ0v) is 18.9. The van der Waals surface area contributed by atoms with Crippen molar-refractivity contribution in [1.29, 1.82) is 0 Å². The number of rotatable bonds is 6. The molecule has 9 heteroatoms. The Morgan fingerprint density at radius 1 is 1.11 bits per heavy atom. The van der Waals surface area contributed by atoms with E-state index >= 15 is 0 Å². The fourth-order valence-corrected chi connectivity index (χ4v) is 4.00. The molecule has 1 unspecified atom stereocenters. The van der Waals surface area contributed by atoms with Gasteiger partial charge in [-0.1, -0.05) is 24.3 Å². The van der Waals surface area contributed by atoms with Crippen molar-refractivity contribution in [2.24, 2.45) is 5.10 Å². The lowest BCUT2D eigenvalue weighted by atomic mass is 10.0. The Morgan fingerprint density at radius 3 is 2.66 bits per heavy atom. The molecule has 1 aliphatic heterocycles. The fraction of sp³-hybridized carbons (Fsp3) is 0.154. The molecule has 1 aromatic heterocycles. The standard InChI is InChI=1S/C26H22FN5O3/c1-16(33)28-19-9-11-20(12-10-19)35-15-25(34)32-24(17-5-4-6-18(27)13-17)14-23(31-32)26-29-21-7-2-3-8-22(21)30-26/h2-13,24H,14-15H2,1H3,(H,28,33)(H,29,30). The maximum Gasteiger partial charge on any atom is 0.281 e. The number of hydrazone groups is 1. The van der Waals surface area contributed by atoms with Crippen LogP contribution < -0.4 is 10.1 Å². The van der Waals surface area contributed by atoms with Crippen LogP contribution in [0.2, 0.25) is 0 Å². The van der Waals surface area contributed by atoms with Gasteiger partial charge in [0.15, 0.2) is 12.4 Å². The highest BCUT2D eigenvalue weighted by molar-refractivity contribution is 6.02. The summed E-state index contributed by atoms with van der Waals surface area (Å²) in [6, 6.07) is 20.0. The molecular weight excluding hydrogens is 449 g/mol. The van der Waals surface area contributed by atoms with Gasteiger partial charge in [-0.15, -0.1) is 0 Å². The number of aromatic amines is 1. The number of imidazole rings is 1. The van der Waals surface area contributed by atoms with Crippen molar-refractivity contribution in [2.75, 3.05) is 11.9 Å². The van der Waals surface area contributed by atoms with Crippen molar-refractivity contribution >= 4 is 34.2 Å². The van der Waals surface area contributed by atoms with Crippen molar-refractivity contribution in [3.05, 3.63) is 90.0 Å². The third kappa shape index (κ3) is 4.89. The second-order valence-electron chi connectivity index (χ2n) is 8.16. The number of para-hydroxylation sites is 2. The van der Waals surface area contributed by atoms with Gasteiger partial charge in [-0.2, -0.15) is 5.10 Å². The van der Waals surface area contributed by atoms with Gasteiger partial charge in [0, 0.05) is 19.0 Å². The van der Waals surface area contributed by atoms with E-state index in [1.54, 1.807) is 36.4 Å². The van der Waals surface area contributed by atoms with Gasteiger partial charge in [0.2, 0.25) is 5.91 Å². The molecule has 0 bridgehead atoms. The Balaban J connectivity index is 1.37. The molecule has 0 saturated heterocycles. The molecule has 176 valence electrons. The molecule has 0 spiro atoms. The van der Waals surface area contributed by atoms with Crippen LogP contribution in [0.5, 0.6) is 5.75 Å². The lowest BCUT2D eigenvalue weighted by Crippen LogP contribution is -2.31. The number of carbonyl (C=O) groups is 2. The zero-order valence-electron chi connectivity index (χ0n) is 18.9. The highest BCUT2D eigenvalue weighted by Crippen LogP contribution is 2.33. The summed E-state index contributed by atoms with van der Waals surface area (Å²) >= 11 is 0. The maximum atomic E-state index is 14.0. The third-order valence-corrected chi connectivity index (χ3v) is 5.60. The second-order valence-corrected chi connectivity index (χ2v) is 8.16. The van der Waals surface area contributed by atoms with E-state index in [-0.39, 0.29) is 24.2 Å². The molecule has 2 N–H and O–H groups in total. The summed E-state index contributed by atoms with van der Waals surface area (Å²) in [5.41, 5.74) is 3.52. The van der Waals surface area contributed by atoms with Gasteiger partial charge in [-0.25, -0.2) is 14.4 Å². The van der Waals surface area contributed by atoms with E-state index in [4.69, 9.17) is 4.74 Å². The molecule has 35 heavy (non-hydrogen) atoms. The van der Waals surface area contributed by atoms with Crippen LogP contribution in [0, 0.1) is 5.82 Å². The highest BCUT2D eigenvalue weighted by atomic mass is 19.1. The Labute approximate surface area is 200 Å². The van der Waals surface area contributed by atoms with Gasteiger partial charge in [0.05, 0.1) is 17.1 Å². The van der Waals surface area contributed by atoms with Gasteiger partial charge in [0.25, 0.3) is 5.91 Å². The number of amides is 2. The van der Waals surface area contributed by atoms with Crippen molar-refractivity contribution in [2.45, 2.75) is 19.4 Å². The number of nitrogens with one attached hydrogen (secondary N) is 2. The van der Waals surface area contributed by atoms with Crippen molar-refractivity contribution < 1.29 is 18.7 Å². The largest absolute Gasteiger partial charge is 0.484 e. The van der Waals surface area contributed by atoms with Crippen LogP contribution in [0.15, 0.2) is 77.9 Å². The lowest BCUT2D eigenvalue weighted by Gasteiger charge is -2.22. The first-order valence-electron chi connectivity index (χ1n) is 11.1. The number of carbonyl (C=O) groups excluding carboxylic acids is 2. The summed E-state index contributed by atoms with van der Waals surface area (Å²) in [5.74, 6) is 0.0936. The predicted molar refractivity (Wildman–Crippen MR) is 129 cm³/mol. The van der Waals surface area contributed by atoms with E-state index < -0.39 is 6.04 Å². The number of anilines is 1. The molecule has 2 heterocycles. The third-order valence-electron chi connectivity index (χ3n) is 5.60. The predicted octanol–water partition coefficient (Wildman–Crippen LogP) is 4.42. The number of H-pyrrole nitrogens is 1. The number of hydrogen-bond acceptors (Lipinski definition) is 5. The van der Waals surface area contributed by atoms with Gasteiger partial charge in [0.1, 0.15) is 17.3 Å². The van der Waals surface area contributed by atoms with Gasteiger partial charge >= 0.3 is 0 Å². The molecule has 2 amide bonds. The van der Waals surface area contributed by atoms with Crippen LogP contribution in [0.25, 0.3) is 11.0 Å². The first-order valence-corrected chi connectivity index (χ1v) is 11.1. The zero-order chi connectivity index (χ0) is 24.4. The minimum absolute atomic E-state index is 0.176. The first kappa shape index (κ1) is 22.3. The molecule has 1 atom stereocenters. The van der Waals surface area contributed by atoms with Gasteiger partial charge in [-0.05, 0) is 54.1 Å². The minimum atomic E-state index is -0.493. The number of nitrogens with zero attached hydrogens (tertiary/aromatic N) is 3. The summed E-state index contributed by atoms with van der Waals surface area (Å²) in [7, 11) is 0. The average Bonchev–Trinajstić information content (AvgIpc) is 3.48. The molecule has 0 fully saturated rings. The molecule has 4 aromatic rings. The summed E-state index contributed by atoms with van der Waals surface area (Å²) in [4.78, 5) is 32.2. The van der Waals surface area contributed by atoms with E-state index in [0.717, 1.165) is 11.0 Å². The Hall–Kier alpha value is -4.53. The molecule has 5 rings (SSSR count). The number of ether oxygens (including phenoxy) is 1. The molecule has 0 saturated carbocycles. The van der Waals surface area contributed by atoms with E-state index in [2.05, 4.69) is 20.4 Å². The van der Waals surface area contributed by atoms with Gasteiger partial charge < -0.3 is 15.0 Å². The van der Waals surface area contributed by atoms with E-state index in [1.165, 1.54) is 24.1 Å². The Kier molecular flexibility index (Phi) is 5.97. The number of hydrogen-bond donors (Lipinski definition) is 2. The number of benzene rings is 3.